The maximum absolute atomic E-state index is 12.0. The molecule has 2 heterocycles. The summed E-state index contributed by atoms with van der Waals surface area (Å²) in [7, 11) is 3.11. The van der Waals surface area contributed by atoms with Crippen LogP contribution in [-0.2, 0) is 170 Å². The van der Waals surface area contributed by atoms with E-state index in [0.717, 1.165) is 33.5 Å². The number of hydrogen-bond donors (Lipinski definition) is 6. The first-order chi connectivity index (χ1) is 61.4. The van der Waals surface area contributed by atoms with Crippen molar-refractivity contribution in [1.29, 1.82) is 0 Å². The number of cyclic esters (lactones) is 4. The van der Waals surface area contributed by atoms with Crippen LogP contribution in [0, 0.1) is 43.3 Å². The molecule has 44 heteroatoms. The van der Waals surface area contributed by atoms with Crippen molar-refractivity contribution in [3.8, 4) is 0 Å². The van der Waals surface area contributed by atoms with Crippen LogP contribution in [0.2, 0.25) is 0 Å². The summed E-state index contributed by atoms with van der Waals surface area (Å²) < 4.78 is 103. The lowest BCUT2D eigenvalue weighted by atomic mass is 9.93. The van der Waals surface area contributed by atoms with Crippen molar-refractivity contribution in [2.24, 2.45) is 43.3 Å². The van der Waals surface area contributed by atoms with Crippen LogP contribution < -0.4 is 0 Å². The summed E-state index contributed by atoms with van der Waals surface area (Å²) in [6.07, 6.45) is -1.37. The average Bonchev–Trinajstić information content (AvgIpc) is 0.761. The molecule has 0 spiro atoms. The number of benzene rings is 2. The molecule has 2 aromatic carbocycles. The van der Waals surface area contributed by atoms with E-state index in [1.807, 2.05) is 60.7 Å². The molecule has 0 aliphatic carbocycles. The van der Waals surface area contributed by atoms with Gasteiger partial charge in [-0.15, -0.1) is 0 Å². The fourth-order valence-corrected chi connectivity index (χ4v) is 9.32. The second kappa shape index (κ2) is 71.2. The molecule has 6 N–H and O–H groups in total. The Morgan fingerprint density at radius 1 is 0.359 bits per heavy atom. The number of aliphatic hydroxyl groups excluding tert-OH is 6. The van der Waals surface area contributed by atoms with E-state index in [9.17, 15) is 77.3 Å². The highest BCUT2D eigenvalue weighted by Gasteiger charge is 2.45. The number of carbonyl (C=O) groups is 14. The average molecular weight is 2080 g/mol. The Hall–Kier alpha value is -8.38. The maximum atomic E-state index is 12.0. The third-order valence-corrected chi connectivity index (χ3v) is 19.0. The van der Waals surface area contributed by atoms with Gasteiger partial charge in [-0.1, -0.05) is 108 Å². The predicted molar refractivity (Wildman–Crippen MR) is 474 cm³/mol. The summed E-state index contributed by atoms with van der Waals surface area (Å²) in [5, 5.41) is 56.8. The molecule has 2 saturated heterocycles. The molecule has 0 aromatic heterocycles. The van der Waals surface area contributed by atoms with Crippen LogP contribution in [0.25, 0.3) is 0 Å². The molecule has 0 radical (unpaired) electrons. The highest BCUT2D eigenvalue weighted by Crippen LogP contribution is 2.29. The Balaban J connectivity index is -0.000000704. The Labute approximate surface area is 791 Å². The van der Waals surface area contributed by atoms with Crippen molar-refractivity contribution in [2.75, 3.05) is 176 Å². The molecule has 0 amide bonds. The second-order valence-electron chi connectivity index (χ2n) is 31.0. The zero-order valence-corrected chi connectivity index (χ0v) is 83.6. The molecule has 4 rings (SSSR count). The predicted octanol–water partition coefficient (Wildman–Crippen LogP) is 8.02. The smallest absolute Gasteiger partial charge is 0.465 e. The van der Waals surface area contributed by atoms with Gasteiger partial charge in [0, 0.05) is 77.7 Å². The Morgan fingerprint density at radius 2 is 0.611 bits per heavy atom. The lowest BCUT2D eigenvalue weighted by Crippen LogP contribution is -2.45. The number of ether oxygens (including phenoxy) is 21. The minimum Gasteiger partial charge on any atom is -0.465 e. The molecular weight excluding hydrogens is 1940 g/mol. The Morgan fingerprint density at radius 3 is 0.870 bits per heavy atom. The highest BCUT2D eigenvalue weighted by molar-refractivity contribution is 9.09. The maximum Gasteiger partial charge on any atom is 0.508 e. The summed E-state index contributed by atoms with van der Waals surface area (Å²) in [4.78, 5) is 158. The van der Waals surface area contributed by atoms with E-state index in [2.05, 4.69) is 66.7 Å². The van der Waals surface area contributed by atoms with Gasteiger partial charge >= 0.3 is 83.9 Å². The number of methoxy groups -OCH3 is 2. The fourth-order valence-electron chi connectivity index (χ4n) is 8.63. The van der Waals surface area contributed by atoms with Crippen molar-refractivity contribution in [3.63, 3.8) is 0 Å². The van der Waals surface area contributed by atoms with Crippen LogP contribution >= 0.6 is 47.8 Å². The van der Waals surface area contributed by atoms with Crippen LogP contribution in [0.1, 0.15) is 155 Å². The van der Waals surface area contributed by atoms with Gasteiger partial charge in [-0.2, -0.15) is 0 Å². The van der Waals surface area contributed by atoms with E-state index in [1.165, 1.54) is 62.3 Å². The number of carbonyl (C=O) groups excluding carboxylic acids is 14. The van der Waals surface area contributed by atoms with Crippen molar-refractivity contribution >= 4 is 132 Å². The Kier molecular flexibility index (Phi) is 70.1. The summed E-state index contributed by atoms with van der Waals surface area (Å²) in [6, 6.07) is 18.8. The van der Waals surface area contributed by atoms with Crippen LogP contribution in [0.15, 0.2) is 60.7 Å². The van der Waals surface area contributed by atoms with Gasteiger partial charge in [-0.25, -0.2) is 9.59 Å². The number of halogens is 3. The molecular formula is C87H139Br3O41. The number of rotatable bonds is 48. The van der Waals surface area contributed by atoms with E-state index < -0.39 is 180 Å². The molecule has 0 saturated carbocycles. The largest absolute Gasteiger partial charge is 0.508 e. The van der Waals surface area contributed by atoms with Crippen LogP contribution in [0.3, 0.4) is 0 Å². The number of alkyl halides is 3. The van der Waals surface area contributed by atoms with Gasteiger partial charge < -0.3 is 130 Å². The first-order valence-corrected chi connectivity index (χ1v) is 44.7. The Bertz CT molecular complexity index is 3480. The number of hydrogen-bond acceptors (Lipinski definition) is 41. The lowest BCUT2D eigenvalue weighted by molar-refractivity contribution is -0.194. The van der Waals surface area contributed by atoms with Gasteiger partial charge in [-0.05, 0) is 127 Å². The van der Waals surface area contributed by atoms with Crippen molar-refractivity contribution in [3.05, 3.63) is 71.8 Å². The zero-order chi connectivity index (χ0) is 101. The van der Waals surface area contributed by atoms with E-state index in [0.29, 0.717) is 39.3 Å². The van der Waals surface area contributed by atoms with Crippen LogP contribution in [0.5, 0.6) is 0 Å². The minimum atomic E-state index is -1.27. The van der Waals surface area contributed by atoms with Gasteiger partial charge in [0.25, 0.3) is 0 Å². The molecule has 131 heavy (non-hydrogen) atoms. The second-order valence-corrected chi connectivity index (χ2v) is 33.4. The number of esters is 12. The number of aliphatic hydroxyl groups is 6. The summed E-state index contributed by atoms with van der Waals surface area (Å²) in [5.74, 6) is -6.27. The molecule has 7 unspecified atom stereocenters. The lowest BCUT2D eigenvalue weighted by Gasteiger charge is -2.30. The van der Waals surface area contributed by atoms with Crippen LogP contribution in [-0.4, -0.2) is 309 Å². The fraction of sp³-hybridized carbons (Fsp3) is 0.701. The van der Waals surface area contributed by atoms with Gasteiger partial charge in [0.15, 0.2) is 18.9 Å². The van der Waals surface area contributed by atoms with Crippen molar-refractivity contribution in [2.45, 2.75) is 176 Å². The monoisotopic (exact) mass is 2080 g/mol. The van der Waals surface area contributed by atoms with E-state index >= 15 is 0 Å². The van der Waals surface area contributed by atoms with Crippen molar-refractivity contribution < 1.29 is 197 Å². The van der Waals surface area contributed by atoms with Crippen LogP contribution in [0.4, 0.5) is 9.59 Å². The highest BCUT2D eigenvalue weighted by atomic mass is 79.9. The molecule has 0 bridgehead atoms. The molecule has 2 aliphatic rings. The van der Waals surface area contributed by atoms with Gasteiger partial charge in [0.1, 0.15) is 109 Å². The molecule has 7 atom stereocenters. The van der Waals surface area contributed by atoms with E-state index in [1.54, 1.807) is 76.5 Å². The normalized spacial score (nSPS) is 15.1. The summed E-state index contributed by atoms with van der Waals surface area (Å²) in [6.45, 7) is 27.1. The standard InChI is InChI=1S/C14H20O4.C12H16O4.2C11H20O6.2C10H17BrO5.C10H16O6.C9H13BrO5/c1-14(10-16-2,11-17-3)13(15)18-9-12-7-5-4-6-8-12;1-12(8-13,9-14)11(15)16-7-10-5-3-2-4-6-10;2*1-5-15-9(3)17-10(14)11(4,6-12)7-16-8(2)13;2*1-8(13)16-7-10(2,6-12)9(14)15-5-3-4-11;1-4-13-7(2)16-8(11)10(3)5-14-9(12)15-6-10;1-9(5-14-8(12)15-6-9)7(11)13-4-2-3-10/h4-8H,9-11H2,1-3H3;2-6,13-14H,7-9H2,1H3;2*9,12H,5-7H2,1-4H3;2*12H,3-7H2,1-2H3;7H,4-6H2,1-3H3;2-6H2,1H3. The third kappa shape index (κ3) is 56.4. The van der Waals surface area contributed by atoms with Gasteiger partial charge in [0.2, 0.25) is 0 Å². The van der Waals surface area contributed by atoms with E-state index in [4.69, 9.17) is 101 Å². The zero-order valence-electron chi connectivity index (χ0n) is 78.8. The third-order valence-electron chi connectivity index (χ3n) is 17.4. The minimum absolute atomic E-state index is 0.0129. The SMILES string of the molecule is CC(=O)OCC(C)(CO)C(=O)OCCCBr.CC(=O)OCC(C)(CO)C(=O)OCCCBr.CC(CO)(CO)C(=O)OCc1ccccc1.CC1(C(=O)OCCCBr)COC(=O)OC1.CCOC(C)OC(=O)C(C)(CO)COC(C)=O.CCOC(C)OC(=O)C(C)(CO)COC(C)=O.CCOC(C)OC(=O)C1(C)COC(=O)OC1.COCC(C)(COC)C(=O)OCc1ccccc1. The van der Waals surface area contributed by atoms with Crippen molar-refractivity contribution in [1.82, 2.24) is 0 Å². The topological polar surface area (TPSA) is 554 Å². The molecule has 41 nitrogen and oxygen atoms in total. The first-order valence-electron chi connectivity index (χ1n) is 41.3. The molecule has 2 aliphatic heterocycles. The quantitative estimate of drug-likeness (QED) is 0.0120. The summed E-state index contributed by atoms with van der Waals surface area (Å²) >= 11 is 9.65. The van der Waals surface area contributed by atoms with Gasteiger partial charge in [0.05, 0.1) is 72.7 Å². The molecule has 754 valence electrons. The van der Waals surface area contributed by atoms with E-state index in [-0.39, 0.29) is 98.5 Å². The van der Waals surface area contributed by atoms with Gasteiger partial charge in [-0.3, -0.25) is 57.5 Å². The molecule has 2 fully saturated rings. The molecule has 2 aromatic rings. The first kappa shape index (κ1) is 129. The summed E-state index contributed by atoms with van der Waals surface area (Å²) in [5.41, 5.74) is -6.89.